The maximum atomic E-state index is 4.18. The predicted molar refractivity (Wildman–Crippen MR) is 84.8 cm³/mol. The second kappa shape index (κ2) is 4.87. The molecule has 3 nitrogen and oxygen atoms in total. The van der Waals surface area contributed by atoms with Crippen molar-refractivity contribution in [3.8, 4) is 22.4 Å². The molecule has 1 N–H and O–H groups in total. The van der Waals surface area contributed by atoms with Gasteiger partial charge in [-0.25, -0.2) is 0 Å². The van der Waals surface area contributed by atoms with Crippen molar-refractivity contribution in [2.45, 2.75) is 0 Å². The van der Waals surface area contributed by atoms with Crippen LogP contribution in [0.2, 0.25) is 0 Å². The largest absolute Gasteiger partial charge is 0.354 e. The Morgan fingerprint density at radius 1 is 0.714 bits per heavy atom. The zero-order valence-electron chi connectivity index (χ0n) is 11.3. The van der Waals surface area contributed by atoms with Gasteiger partial charge in [0.25, 0.3) is 0 Å². The third-order valence-corrected chi connectivity index (χ3v) is 3.59. The van der Waals surface area contributed by atoms with Crippen LogP contribution in [0.4, 0.5) is 0 Å². The van der Waals surface area contributed by atoms with Crippen molar-refractivity contribution in [3.05, 3.63) is 73.3 Å². The minimum Gasteiger partial charge on any atom is -0.354 e. The fourth-order valence-electron chi connectivity index (χ4n) is 2.52. The van der Waals surface area contributed by atoms with Crippen LogP contribution in [-0.2, 0) is 0 Å². The molecular weight excluding hydrogens is 258 g/mol. The highest BCUT2D eigenvalue weighted by Gasteiger charge is 2.05. The smallest absolute Gasteiger partial charge is 0.0480 e. The summed E-state index contributed by atoms with van der Waals surface area (Å²) in [5.74, 6) is 0. The van der Waals surface area contributed by atoms with E-state index in [1.165, 1.54) is 10.9 Å². The van der Waals surface area contributed by atoms with E-state index < -0.39 is 0 Å². The summed E-state index contributed by atoms with van der Waals surface area (Å²) in [5, 5.41) is 1.19. The van der Waals surface area contributed by atoms with E-state index in [9.17, 15) is 0 Å². The van der Waals surface area contributed by atoms with Gasteiger partial charge in [-0.1, -0.05) is 12.1 Å². The number of H-pyrrole nitrogens is 1. The summed E-state index contributed by atoms with van der Waals surface area (Å²) in [6.45, 7) is 0. The highest BCUT2D eigenvalue weighted by atomic mass is 14.7. The Morgan fingerprint density at radius 3 is 2.19 bits per heavy atom. The molecule has 1 aromatic carbocycles. The lowest BCUT2D eigenvalue weighted by Crippen LogP contribution is -1.79. The maximum absolute atomic E-state index is 4.18. The molecule has 100 valence electrons. The molecule has 0 spiro atoms. The molecule has 21 heavy (non-hydrogen) atoms. The molecule has 0 aliphatic rings. The van der Waals surface area contributed by atoms with Crippen LogP contribution in [0, 0.1) is 0 Å². The van der Waals surface area contributed by atoms with Crippen LogP contribution in [0.15, 0.2) is 73.3 Å². The lowest BCUT2D eigenvalue weighted by atomic mass is 10.1. The van der Waals surface area contributed by atoms with Crippen LogP contribution in [0.25, 0.3) is 33.3 Å². The van der Waals surface area contributed by atoms with Gasteiger partial charge in [0.15, 0.2) is 0 Å². The highest BCUT2D eigenvalue weighted by molar-refractivity contribution is 5.89. The van der Waals surface area contributed by atoms with Gasteiger partial charge in [0.1, 0.15) is 0 Å². The maximum Gasteiger partial charge on any atom is 0.0480 e. The van der Waals surface area contributed by atoms with Crippen molar-refractivity contribution in [1.82, 2.24) is 15.0 Å². The molecule has 0 atom stereocenters. The fraction of sp³-hybridized carbons (Fsp3) is 0. The van der Waals surface area contributed by atoms with Gasteiger partial charge in [0.2, 0.25) is 0 Å². The van der Waals surface area contributed by atoms with Crippen LogP contribution in [0.3, 0.4) is 0 Å². The van der Waals surface area contributed by atoms with Crippen LogP contribution >= 0.6 is 0 Å². The zero-order chi connectivity index (χ0) is 14.1. The number of hydrogen-bond donors (Lipinski definition) is 1. The number of aromatic amines is 1. The van der Waals surface area contributed by atoms with E-state index in [1.807, 2.05) is 24.5 Å². The van der Waals surface area contributed by atoms with Crippen LogP contribution in [0.1, 0.15) is 0 Å². The summed E-state index contributed by atoms with van der Waals surface area (Å²) in [6, 6.07) is 16.6. The minimum absolute atomic E-state index is 1.08. The van der Waals surface area contributed by atoms with Gasteiger partial charge in [-0.05, 0) is 42.0 Å². The van der Waals surface area contributed by atoms with Crippen LogP contribution < -0.4 is 0 Å². The predicted octanol–water partition coefficient (Wildman–Crippen LogP) is 4.29. The van der Waals surface area contributed by atoms with Gasteiger partial charge in [-0.15, -0.1) is 0 Å². The van der Waals surface area contributed by atoms with Gasteiger partial charge in [0.05, 0.1) is 0 Å². The van der Waals surface area contributed by atoms with E-state index in [-0.39, 0.29) is 0 Å². The molecule has 0 amide bonds. The standard InChI is InChI=1S/C18H13N3/c1-3-14(11-19-7-1)13-5-6-17-16(9-13)10-18(21-17)15-4-2-8-20-12-15/h1-12,21H. The third kappa shape index (κ3) is 2.19. The molecule has 0 unspecified atom stereocenters. The van der Waals surface area contributed by atoms with E-state index in [1.54, 1.807) is 12.4 Å². The second-order valence-corrected chi connectivity index (χ2v) is 4.97. The van der Waals surface area contributed by atoms with Crippen LogP contribution in [-0.4, -0.2) is 15.0 Å². The molecule has 0 bridgehead atoms. The Bertz CT molecular complexity index is 843. The molecule has 4 rings (SSSR count). The number of nitrogens with zero attached hydrogens (tertiary/aromatic N) is 2. The number of aromatic nitrogens is 3. The SMILES string of the molecule is c1cncc(-c2ccc3[nH]c(-c4cccnc4)cc3c2)c1. The van der Waals surface area contributed by atoms with E-state index >= 15 is 0 Å². The molecule has 3 heteroatoms. The number of hydrogen-bond acceptors (Lipinski definition) is 2. The summed E-state index contributed by atoms with van der Waals surface area (Å²) >= 11 is 0. The van der Waals surface area contributed by atoms with Gasteiger partial charge >= 0.3 is 0 Å². The quantitative estimate of drug-likeness (QED) is 0.591. The number of pyridine rings is 2. The second-order valence-electron chi connectivity index (χ2n) is 4.97. The average Bonchev–Trinajstić information content (AvgIpc) is 2.99. The molecule has 0 saturated heterocycles. The normalized spacial score (nSPS) is 10.9. The first-order valence-corrected chi connectivity index (χ1v) is 6.84. The van der Waals surface area contributed by atoms with Gasteiger partial charge in [-0.2, -0.15) is 0 Å². The number of nitrogens with one attached hydrogen (secondary N) is 1. The lowest BCUT2D eigenvalue weighted by molar-refractivity contribution is 1.31. The topological polar surface area (TPSA) is 41.6 Å². The Balaban J connectivity index is 1.82. The number of fused-ring (bicyclic) bond motifs is 1. The number of rotatable bonds is 2. The number of benzene rings is 1. The third-order valence-electron chi connectivity index (χ3n) is 3.59. The van der Waals surface area contributed by atoms with Gasteiger partial charge in [0, 0.05) is 52.5 Å². The Hall–Kier alpha value is -2.94. The summed E-state index contributed by atoms with van der Waals surface area (Å²) in [7, 11) is 0. The first-order chi connectivity index (χ1) is 10.4. The molecule has 0 radical (unpaired) electrons. The van der Waals surface area contributed by atoms with Crippen molar-refractivity contribution in [3.63, 3.8) is 0 Å². The van der Waals surface area contributed by atoms with E-state index in [0.717, 1.165) is 22.3 Å². The van der Waals surface area contributed by atoms with E-state index in [4.69, 9.17) is 0 Å². The van der Waals surface area contributed by atoms with Crippen molar-refractivity contribution in [2.24, 2.45) is 0 Å². The first kappa shape index (κ1) is 11.9. The Kier molecular flexibility index (Phi) is 2.75. The van der Waals surface area contributed by atoms with Crippen molar-refractivity contribution >= 4 is 10.9 Å². The first-order valence-electron chi connectivity index (χ1n) is 6.84. The molecule has 0 aliphatic heterocycles. The van der Waals surface area contributed by atoms with Gasteiger partial charge < -0.3 is 4.98 Å². The molecule has 0 fully saturated rings. The summed E-state index contributed by atoms with van der Waals surface area (Å²) in [5.41, 5.74) is 5.61. The van der Waals surface area contributed by atoms with E-state index in [0.29, 0.717) is 0 Å². The fourth-order valence-corrected chi connectivity index (χ4v) is 2.52. The van der Waals surface area contributed by atoms with Crippen molar-refractivity contribution in [2.75, 3.05) is 0 Å². The monoisotopic (exact) mass is 271 g/mol. The van der Waals surface area contributed by atoms with Crippen molar-refractivity contribution in [1.29, 1.82) is 0 Å². The van der Waals surface area contributed by atoms with Gasteiger partial charge in [-0.3, -0.25) is 9.97 Å². The Morgan fingerprint density at radius 2 is 1.48 bits per heavy atom. The minimum atomic E-state index is 1.08. The summed E-state index contributed by atoms with van der Waals surface area (Å²) < 4.78 is 0. The lowest BCUT2D eigenvalue weighted by Gasteiger charge is -2.00. The average molecular weight is 271 g/mol. The highest BCUT2D eigenvalue weighted by Crippen LogP contribution is 2.27. The summed E-state index contributed by atoms with van der Waals surface area (Å²) in [6.07, 6.45) is 7.33. The molecule has 3 aromatic heterocycles. The zero-order valence-corrected chi connectivity index (χ0v) is 11.3. The molecule has 0 saturated carbocycles. The summed E-state index contributed by atoms with van der Waals surface area (Å²) in [4.78, 5) is 11.8. The molecule has 4 aromatic rings. The molecule has 0 aliphatic carbocycles. The van der Waals surface area contributed by atoms with Crippen LogP contribution in [0.5, 0.6) is 0 Å². The molecule has 3 heterocycles. The Labute approximate surface area is 122 Å². The molecular formula is C18H13N3. The van der Waals surface area contributed by atoms with E-state index in [2.05, 4.69) is 51.4 Å². The van der Waals surface area contributed by atoms with Crippen molar-refractivity contribution < 1.29 is 0 Å².